The van der Waals surface area contributed by atoms with Gasteiger partial charge in [0.1, 0.15) is 5.75 Å². The van der Waals surface area contributed by atoms with Crippen LogP contribution in [0.25, 0.3) is 0 Å². The molecule has 2 rings (SSSR count). The molecule has 0 aromatic heterocycles. The Kier molecular flexibility index (Phi) is 5.04. The molecular formula is C16H18BrNO2. The molecule has 0 heterocycles. The molecule has 0 aliphatic heterocycles. The van der Waals surface area contributed by atoms with E-state index < -0.39 is 0 Å². The molecule has 0 aliphatic carbocycles. The van der Waals surface area contributed by atoms with Gasteiger partial charge in [0.05, 0.1) is 11.1 Å². The van der Waals surface area contributed by atoms with Gasteiger partial charge in [-0.3, -0.25) is 0 Å². The molecule has 0 unspecified atom stereocenters. The number of ether oxygens (including phenoxy) is 2. The molecule has 0 aliphatic rings. The van der Waals surface area contributed by atoms with E-state index >= 15 is 0 Å². The number of para-hydroxylation sites is 2. The lowest BCUT2D eigenvalue weighted by molar-refractivity contribution is 0.321. The van der Waals surface area contributed by atoms with Crippen LogP contribution in [0.4, 0.5) is 0 Å². The molecule has 0 bridgehead atoms. The molecule has 1 atom stereocenters. The Bertz CT molecular complexity index is 584. The predicted molar refractivity (Wildman–Crippen MR) is 84.4 cm³/mol. The fraction of sp³-hybridized carbons (Fsp3) is 0.250. The molecular weight excluding hydrogens is 318 g/mol. The lowest BCUT2D eigenvalue weighted by Gasteiger charge is -2.14. The minimum atomic E-state index is -0.00365. The van der Waals surface area contributed by atoms with Crippen molar-refractivity contribution in [1.29, 1.82) is 0 Å². The second kappa shape index (κ2) is 6.77. The van der Waals surface area contributed by atoms with Crippen molar-refractivity contribution in [1.82, 2.24) is 0 Å². The first-order valence-corrected chi connectivity index (χ1v) is 7.35. The predicted octanol–water partition coefficient (Wildman–Crippen LogP) is 4.66. The van der Waals surface area contributed by atoms with E-state index in [1.807, 2.05) is 56.3 Å². The fourth-order valence-electron chi connectivity index (χ4n) is 1.81. The molecule has 0 fully saturated rings. The maximum absolute atomic E-state index is 5.91. The Balaban J connectivity index is 2.26. The summed E-state index contributed by atoms with van der Waals surface area (Å²) in [7, 11) is 0. The van der Waals surface area contributed by atoms with Crippen molar-refractivity contribution in [2.45, 2.75) is 19.9 Å². The van der Waals surface area contributed by atoms with Crippen molar-refractivity contribution in [3.05, 3.63) is 52.5 Å². The van der Waals surface area contributed by atoms with Gasteiger partial charge in [0.2, 0.25) is 0 Å². The second-order valence-electron chi connectivity index (χ2n) is 4.46. The number of halogens is 1. The first-order valence-electron chi connectivity index (χ1n) is 6.56. The summed E-state index contributed by atoms with van der Waals surface area (Å²) in [5.41, 5.74) is 6.92. The normalized spacial score (nSPS) is 12.0. The molecule has 106 valence electrons. The van der Waals surface area contributed by atoms with Gasteiger partial charge in [-0.25, -0.2) is 0 Å². The van der Waals surface area contributed by atoms with Crippen LogP contribution >= 0.6 is 15.9 Å². The Morgan fingerprint density at radius 1 is 1.10 bits per heavy atom. The van der Waals surface area contributed by atoms with Crippen molar-refractivity contribution in [3.8, 4) is 17.2 Å². The number of rotatable bonds is 5. The van der Waals surface area contributed by atoms with Gasteiger partial charge in [-0.15, -0.1) is 0 Å². The molecule has 20 heavy (non-hydrogen) atoms. The Labute approximate surface area is 127 Å². The standard InChI is InChI=1S/C16H18BrNO2/c1-3-19-15-6-4-5-7-16(15)20-14-9-8-12(11(2)18)10-13(14)17/h4-11H,3,18H2,1-2H3/t11-/m1/s1. The van der Waals surface area contributed by atoms with E-state index in [1.54, 1.807) is 0 Å². The summed E-state index contributed by atoms with van der Waals surface area (Å²) in [5.74, 6) is 2.17. The smallest absolute Gasteiger partial charge is 0.169 e. The quantitative estimate of drug-likeness (QED) is 0.864. The molecule has 0 radical (unpaired) electrons. The fourth-order valence-corrected chi connectivity index (χ4v) is 2.29. The average molecular weight is 336 g/mol. The van der Waals surface area contributed by atoms with E-state index in [4.69, 9.17) is 15.2 Å². The van der Waals surface area contributed by atoms with E-state index in [-0.39, 0.29) is 6.04 Å². The third kappa shape index (κ3) is 3.52. The van der Waals surface area contributed by atoms with Crippen LogP contribution in [-0.2, 0) is 0 Å². The lowest BCUT2D eigenvalue weighted by atomic mass is 10.1. The van der Waals surface area contributed by atoms with Crippen LogP contribution in [0, 0.1) is 0 Å². The monoisotopic (exact) mass is 335 g/mol. The molecule has 2 aromatic rings. The van der Waals surface area contributed by atoms with Crippen LogP contribution in [0.15, 0.2) is 46.9 Å². The summed E-state index contributed by atoms with van der Waals surface area (Å²) >= 11 is 3.52. The van der Waals surface area contributed by atoms with E-state index in [0.29, 0.717) is 12.4 Å². The van der Waals surface area contributed by atoms with Gasteiger partial charge in [-0.1, -0.05) is 18.2 Å². The minimum absolute atomic E-state index is 0.00365. The van der Waals surface area contributed by atoms with E-state index in [0.717, 1.165) is 21.5 Å². The third-order valence-electron chi connectivity index (χ3n) is 2.85. The number of hydrogen-bond acceptors (Lipinski definition) is 3. The molecule has 0 saturated heterocycles. The van der Waals surface area contributed by atoms with E-state index in [2.05, 4.69) is 15.9 Å². The summed E-state index contributed by atoms with van der Waals surface area (Å²) in [4.78, 5) is 0. The average Bonchev–Trinajstić information content (AvgIpc) is 2.43. The molecule has 0 amide bonds. The molecule has 0 spiro atoms. The molecule has 0 saturated carbocycles. The highest BCUT2D eigenvalue weighted by atomic mass is 79.9. The topological polar surface area (TPSA) is 44.5 Å². The van der Waals surface area contributed by atoms with E-state index in [1.165, 1.54) is 0 Å². The zero-order chi connectivity index (χ0) is 14.5. The zero-order valence-corrected chi connectivity index (χ0v) is 13.2. The summed E-state index contributed by atoms with van der Waals surface area (Å²) in [5, 5.41) is 0. The molecule has 3 nitrogen and oxygen atoms in total. The maximum atomic E-state index is 5.91. The van der Waals surface area contributed by atoms with Crippen LogP contribution in [0.3, 0.4) is 0 Å². The highest BCUT2D eigenvalue weighted by molar-refractivity contribution is 9.10. The second-order valence-corrected chi connectivity index (χ2v) is 5.31. The van der Waals surface area contributed by atoms with Crippen LogP contribution < -0.4 is 15.2 Å². The maximum Gasteiger partial charge on any atom is 0.169 e. The number of benzene rings is 2. The number of nitrogens with two attached hydrogens (primary N) is 1. The van der Waals surface area contributed by atoms with Crippen molar-refractivity contribution in [2.75, 3.05) is 6.61 Å². The van der Waals surface area contributed by atoms with Crippen molar-refractivity contribution in [2.24, 2.45) is 5.73 Å². The highest BCUT2D eigenvalue weighted by Crippen LogP contribution is 2.36. The first-order chi connectivity index (χ1) is 9.61. The zero-order valence-electron chi connectivity index (χ0n) is 11.6. The van der Waals surface area contributed by atoms with Crippen molar-refractivity contribution >= 4 is 15.9 Å². The Morgan fingerprint density at radius 2 is 1.80 bits per heavy atom. The van der Waals surface area contributed by atoms with Gasteiger partial charge in [-0.2, -0.15) is 0 Å². The summed E-state index contributed by atoms with van der Waals surface area (Å²) in [6.45, 7) is 4.50. The SMILES string of the molecule is CCOc1ccccc1Oc1ccc([C@@H](C)N)cc1Br. The highest BCUT2D eigenvalue weighted by Gasteiger charge is 2.09. The molecule has 2 aromatic carbocycles. The van der Waals surface area contributed by atoms with Crippen LogP contribution in [0.5, 0.6) is 17.2 Å². The largest absolute Gasteiger partial charge is 0.490 e. The summed E-state index contributed by atoms with van der Waals surface area (Å²) < 4.78 is 12.3. The van der Waals surface area contributed by atoms with E-state index in [9.17, 15) is 0 Å². The Morgan fingerprint density at radius 3 is 2.40 bits per heavy atom. The third-order valence-corrected chi connectivity index (χ3v) is 3.47. The lowest BCUT2D eigenvalue weighted by Crippen LogP contribution is -2.04. The molecule has 4 heteroatoms. The minimum Gasteiger partial charge on any atom is -0.490 e. The van der Waals surface area contributed by atoms with Crippen molar-refractivity contribution < 1.29 is 9.47 Å². The van der Waals surface area contributed by atoms with Gasteiger partial charge >= 0.3 is 0 Å². The van der Waals surface area contributed by atoms with Gasteiger partial charge in [0, 0.05) is 6.04 Å². The van der Waals surface area contributed by atoms with Crippen LogP contribution in [0.1, 0.15) is 25.5 Å². The summed E-state index contributed by atoms with van der Waals surface area (Å²) in [6, 6.07) is 13.5. The van der Waals surface area contributed by atoms with Crippen LogP contribution in [-0.4, -0.2) is 6.61 Å². The van der Waals surface area contributed by atoms with Crippen LogP contribution in [0.2, 0.25) is 0 Å². The van der Waals surface area contributed by atoms with Gasteiger partial charge in [0.15, 0.2) is 11.5 Å². The van der Waals surface area contributed by atoms with Gasteiger partial charge in [0.25, 0.3) is 0 Å². The first kappa shape index (κ1) is 14.9. The Hall–Kier alpha value is -1.52. The summed E-state index contributed by atoms with van der Waals surface area (Å²) in [6.07, 6.45) is 0. The van der Waals surface area contributed by atoms with Crippen molar-refractivity contribution in [3.63, 3.8) is 0 Å². The number of hydrogen-bond donors (Lipinski definition) is 1. The molecule has 2 N–H and O–H groups in total. The van der Waals surface area contributed by atoms with Gasteiger partial charge in [-0.05, 0) is 59.6 Å². The van der Waals surface area contributed by atoms with Gasteiger partial charge < -0.3 is 15.2 Å².